The molecule has 0 saturated carbocycles. The lowest BCUT2D eigenvalue weighted by Crippen LogP contribution is -2.49. The van der Waals surface area contributed by atoms with Crippen molar-refractivity contribution in [3.63, 3.8) is 0 Å². The average Bonchev–Trinajstić information content (AvgIpc) is 2.40. The fraction of sp³-hybridized carbons (Fsp3) is 0.385. The monoisotopic (exact) mass is 249 g/mol. The third-order valence-corrected chi connectivity index (χ3v) is 3.01. The highest BCUT2D eigenvalue weighted by Crippen LogP contribution is 2.32. The number of cyclic esters (lactones) is 1. The van der Waals surface area contributed by atoms with E-state index in [1.807, 2.05) is 30.3 Å². The SMILES string of the molecule is C[C@H]1C(=O)N(CCO)C(=O)O[C@H]1c1ccccc1. The normalized spacial score (nSPS) is 24.0. The van der Waals surface area contributed by atoms with Crippen LogP contribution in [0.15, 0.2) is 30.3 Å². The lowest BCUT2D eigenvalue weighted by Gasteiger charge is -2.34. The number of carbonyl (C=O) groups excluding carboxylic acids is 2. The van der Waals surface area contributed by atoms with E-state index in [9.17, 15) is 9.59 Å². The summed E-state index contributed by atoms with van der Waals surface area (Å²) in [6, 6.07) is 9.17. The van der Waals surface area contributed by atoms with E-state index in [1.165, 1.54) is 0 Å². The minimum Gasteiger partial charge on any atom is -0.440 e. The molecule has 1 aliphatic heterocycles. The molecule has 1 fully saturated rings. The van der Waals surface area contributed by atoms with E-state index in [0.717, 1.165) is 10.5 Å². The molecular weight excluding hydrogens is 234 g/mol. The summed E-state index contributed by atoms with van der Waals surface area (Å²) in [5.74, 6) is -0.759. The third-order valence-electron chi connectivity index (χ3n) is 3.01. The molecule has 2 amide bonds. The summed E-state index contributed by atoms with van der Waals surface area (Å²) in [6.45, 7) is 1.43. The van der Waals surface area contributed by atoms with Gasteiger partial charge in [-0.1, -0.05) is 30.3 Å². The Bertz CT molecular complexity index is 446. The van der Waals surface area contributed by atoms with Gasteiger partial charge in [0.15, 0.2) is 0 Å². The first-order chi connectivity index (χ1) is 8.65. The van der Waals surface area contributed by atoms with Crippen LogP contribution in [0.4, 0.5) is 4.79 Å². The fourth-order valence-electron chi connectivity index (χ4n) is 2.04. The highest BCUT2D eigenvalue weighted by molar-refractivity contribution is 5.95. The Morgan fingerprint density at radius 2 is 1.94 bits per heavy atom. The molecule has 0 aromatic heterocycles. The molecule has 1 aromatic rings. The Morgan fingerprint density at radius 1 is 1.28 bits per heavy atom. The lowest BCUT2D eigenvalue weighted by molar-refractivity contribution is -0.144. The van der Waals surface area contributed by atoms with Crippen molar-refractivity contribution in [3.8, 4) is 0 Å². The van der Waals surface area contributed by atoms with Gasteiger partial charge in [-0.25, -0.2) is 9.69 Å². The number of benzene rings is 1. The lowest BCUT2D eigenvalue weighted by atomic mass is 9.95. The minimum absolute atomic E-state index is 0.0243. The van der Waals surface area contributed by atoms with E-state index in [4.69, 9.17) is 9.84 Å². The number of carbonyl (C=O) groups is 2. The first-order valence-electron chi connectivity index (χ1n) is 5.83. The predicted octanol–water partition coefficient (Wildman–Crippen LogP) is 1.33. The molecule has 1 saturated heterocycles. The molecule has 1 aromatic carbocycles. The van der Waals surface area contributed by atoms with E-state index in [2.05, 4.69) is 0 Å². The number of aliphatic hydroxyl groups excluding tert-OH is 1. The molecule has 0 aliphatic carbocycles. The van der Waals surface area contributed by atoms with Crippen LogP contribution in [0.25, 0.3) is 0 Å². The van der Waals surface area contributed by atoms with Gasteiger partial charge in [0.25, 0.3) is 0 Å². The van der Waals surface area contributed by atoms with Gasteiger partial charge in [0.2, 0.25) is 5.91 Å². The van der Waals surface area contributed by atoms with Crippen molar-refractivity contribution in [3.05, 3.63) is 35.9 Å². The van der Waals surface area contributed by atoms with Gasteiger partial charge in [-0.2, -0.15) is 0 Å². The van der Waals surface area contributed by atoms with E-state index in [1.54, 1.807) is 6.92 Å². The molecule has 18 heavy (non-hydrogen) atoms. The highest BCUT2D eigenvalue weighted by atomic mass is 16.6. The van der Waals surface area contributed by atoms with Crippen molar-refractivity contribution in [2.75, 3.05) is 13.2 Å². The van der Waals surface area contributed by atoms with E-state index in [-0.39, 0.29) is 19.1 Å². The number of rotatable bonds is 3. The number of hydrogen-bond donors (Lipinski definition) is 1. The van der Waals surface area contributed by atoms with Crippen molar-refractivity contribution in [1.82, 2.24) is 4.90 Å². The van der Waals surface area contributed by atoms with E-state index >= 15 is 0 Å². The Kier molecular flexibility index (Phi) is 3.62. The van der Waals surface area contributed by atoms with Crippen LogP contribution in [0, 0.1) is 5.92 Å². The number of ether oxygens (including phenoxy) is 1. The van der Waals surface area contributed by atoms with Crippen molar-refractivity contribution >= 4 is 12.0 Å². The van der Waals surface area contributed by atoms with Crippen molar-refractivity contribution < 1.29 is 19.4 Å². The number of nitrogens with zero attached hydrogens (tertiary/aromatic N) is 1. The molecule has 0 bridgehead atoms. The maximum absolute atomic E-state index is 12.0. The molecule has 5 heteroatoms. The standard InChI is InChI=1S/C13H15NO4/c1-9-11(10-5-3-2-4-6-10)18-13(17)14(7-8-15)12(9)16/h2-6,9,11,15H,7-8H2,1H3/t9-,11-/m1/s1. The first kappa shape index (κ1) is 12.6. The second kappa shape index (κ2) is 5.18. The Hall–Kier alpha value is -1.88. The molecule has 2 atom stereocenters. The molecule has 0 unspecified atom stereocenters. The maximum Gasteiger partial charge on any atom is 0.417 e. The van der Waals surface area contributed by atoms with E-state index in [0.29, 0.717) is 0 Å². The number of hydrogen-bond acceptors (Lipinski definition) is 4. The van der Waals surface area contributed by atoms with E-state index < -0.39 is 18.1 Å². The summed E-state index contributed by atoms with van der Waals surface area (Å²) in [6.07, 6.45) is -1.25. The molecule has 1 heterocycles. The van der Waals surface area contributed by atoms with Crippen molar-refractivity contribution in [1.29, 1.82) is 0 Å². The Morgan fingerprint density at radius 3 is 2.56 bits per heavy atom. The summed E-state index contributed by atoms with van der Waals surface area (Å²) < 4.78 is 5.28. The largest absolute Gasteiger partial charge is 0.440 e. The van der Waals surface area contributed by atoms with Gasteiger partial charge in [0, 0.05) is 0 Å². The number of amides is 2. The first-order valence-corrected chi connectivity index (χ1v) is 5.83. The van der Waals surface area contributed by atoms with Gasteiger partial charge in [-0.05, 0) is 12.5 Å². The zero-order valence-electron chi connectivity index (χ0n) is 10.1. The predicted molar refractivity (Wildman–Crippen MR) is 63.6 cm³/mol. The molecule has 5 nitrogen and oxygen atoms in total. The van der Waals surface area contributed by atoms with Crippen LogP contribution in [0.3, 0.4) is 0 Å². The zero-order valence-corrected chi connectivity index (χ0v) is 10.1. The summed E-state index contributed by atoms with van der Waals surface area (Å²) in [7, 11) is 0. The number of β-amino-alcohol motifs (C(OH)–C–C–N with tert-alkyl or cyclic N) is 1. The van der Waals surface area contributed by atoms with Crippen molar-refractivity contribution in [2.45, 2.75) is 13.0 Å². The van der Waals surface area contributed by atoms with Crippen LogP contribution in [0.2, 0.25) is 0 Å². The van der Waals surface area contributed by atoms with Crippen LogP contribution in [0.5, 0.6) is 0 Å². The summed E-state index contributed by atoms with van der Waals surface area (Å²) in [5, 5.41) is 8.82. The Labute approximate surface area is 105 Å². The quantitative estimate of drug-likeness (QED) is 0.877. The molecule has 1 N–H and O–H groups in total. The smallest absolute Gasteiger partial charge is 0.417 e. The summed E-state index contributed by atoms with van der Waals surface area (Å²) >= 11 is 0. The van der Waals surface area contributed by atoms with Crippen LogP contribution in [0.1, 0.15) is 18.6 Å². The fourth-order valence-corrected chi connectivity index (χ4v) is 2.04. The summed E-state index contributed by atoms with van der Waals surface area (Å²) in [5.41, 5.74) is 0.801. The zero-order chi connectivity index (χ0) is 13.1. The molecule has 0 radical (unpaired) electrons. The summed E-state index contributed by atoms with van der Waals surface area (Å²) in [4.78, 5) is 24.7. The molecule has 1 aliphatic rings. The molecule has 96 valence electrons. The van der Waals surface area contributed by atoms with Crippen molar-refractivity contribution in [2.24, 2.45) is 5.92 Å². The van der Waals surface area contributed by atoms with Gasteiger partial charge in [0.05, 0.1) is 19.1 Å². The number of aliphatic hydroxyl groups is 1. The Balaban J connectivity index is 2.22. The number of imide groups is 1. The topological polar surface area (TPSA) is 66.8 Å². The molecule has 0 spiro atoms. The minimum atomic E-state index is -0.694. The van der Waals surface area contributed by atoms with Gasteiger partial charge >= 0.3 is 6.09 Å². The maximum atomic E-state index is 12.0. The molecular formula is C13H15NO4. The van der Waals surface area contributed by atoms with Gasteiger partial charge in [0.1, 0.15) is 6.10 Å². The average molecular weight is 249 g/mol. The van der Waals surface area contributed by atoms with Gasteiger partial charge < -0.3 is 9.84 Å². The second-order valence-corrected chi connectivity index (χ2v) is 4.22. The van der Waals surface area contributed by atoms with Crippen LogP contribution in [-0.4, -0.2) is 35.2 Å². The van der Waals surface area contributed by atoms with Crippen LogP contribution < -0.4 is 0 Å². The molecule has 2 rings (SSSR count). The van der Waals surface area contributed by atoms with Crippen LogP contribution >= 0.6 is 0 Å². The van der Waals surface area contributed by atoms with Gasteiger partial charge in [-0.3, -0.25) is 4.79 Å². The second-order valence-electron chi connectivity index (χ2n) is 4.22. The third kappa shape index (κ3) is 2.22. The van der Waals surface area contributed by atoms with Crippen LogP contribution in [-0.2, 0) is 9.53 Å². The van der Waals surface area contributed by atoms with Gasteiger partial charge in [-0.15, -0.1) is 0 Å². The highest BCUT2D eigenvalue weighted by Gasteiger charge is 2.40.